The molecule has 0 spiro atoms. The van der Waals surface area contributed by atoms with E-state index in [2.05, 4.69) is 0 Å². The molecule has 0 radical (unpaired) electrons. The van der Waals surface area contributed by atoms with E-state index in [0.29, 0.717) is 0 Å². The van der Waals surface area contributed by atoms with Crippen LogP contribution in [0, 0.1) is 0 Å². The van der Waals surface area contributed by atoms with Crippen LogP contribution in [0.4, 0.5) is 0 Å². The van der Waals surface area contributed by atoms with Gasteiger partial charge in [-0.2, -0.15) is 0 Å². The lowest BCUT2D eigenvalue weighted by Gasteiger charge is -2.42. The van der Waals surface area contributed by atoms with Crippen LogP contribution in [-0.4, -0.2) is 97.5 Å². The molecule has 0 aromatic rings. The summed E-state index contributed by atoms with van der Waals surface area (Å²) in [5, 5.41) is 66.7. The van der Waals surface area contributed by atoms with Crippen molar-refractivity contribution in [1.82, 2.24) is 0 Å². The van der Waals surface area contributed by atoms with Crippen LogP contribution in [0.25, 0.3) is 0 Å². The van der Waals surface area contributed by atoms with Crippen molar-refractivity contribution in [3.63, 3.8) is 0 Å². The van der Waals surface area contributed by atoms with E-state index in [1.54, 1.807) is 0 Å². The molecule has 0 bridgehead atoms. The molecule has 20 heavy (non-hydrogen) atoms. The van der Waals surface area contributed by atoms with E-state index in [1.807, 2.05) is 0 Å². The standard InChI is InChI=1S/C11H20O9/c12-3-1-5(8(16)9(17)6(3)14)20-11-10(18)7(15)4(13)2-19-11/h3-18H,1-2H2/t3-,4-,5-,6+,7+,8+,9+,10-,11+/m1/s1. The minimum Gasteiger partial charge on any atom is -0.390 e. The summed E-state index contributed by atoms with van der Waals surface area (Å²) in [4.78, 5) is 0. The van der Waals surface area contributed by atoms with Crippen molar-refractivity contribution in [2.24, 2.45) is 0 Å². The Labute approximate surface area is 114 Å². The first kappa shape index (κ1) is 16.0. The highest BCUT2D eigenvalue weighted by molar-refractivity contribution is 4.94. The molecular weight excluding hydrogens is 276 g/mol. The van der Waals surface area contributed by atoms with E-state index in [9.17, 15) is 35.7 Å². The lowest BCUT2D eigenvalue weighted by Crippen LogP contribution is -2.60. The summed E-state index contributed by atoms with van der Waals surface area (Å²) >= 11 is 0. The van der Waals surface area contributed by atoms with Crippen molar-refractivity contribution < 1.29 is 45.2 Å². The summed E-state index contributed by atoms with van der Waals surface area (Å²) in [6.45, 7) is -0.264. The Morgan fingerprint density at radius 1 is 0.700 bits per heavy atom. The molecule has 1 aliphatic carbocycles. The third-order valence-corrected chi connectivity index (χ3v) is 3.71. The Kier molecular flexibility index (Phi) is 4.95. The van der Waals surface area contributed by atoms with Crippen LogP contribution < -0.4 is 0 Å². The maximum absolute atomic E-state index is 9.77. The lowest BCUT2D eigenvalue weighted by atomic mass is 9.87. The smallest absolute Gasteiger partial charge is 0.186 e. The van der Waals surface area contributed by atoms with Crippen molar-refractivity contribution in [2.45, 2.75) is 61.5 Å². The van der Waals surface area contributed by atoms with Gasteiger partial charge in [-0.1, -0.05) is 0 Å². The fraction of sp³-hybridized carbons (Fsp3) is 1.00. The van der Waals surface area contributed by atoms with Gasteiger partial charge in [0.15, 0.2) is 6.29 Å². The first-order chi connectivity index (χ1) is 9.32. The van der Waals surface area contributed by atoms with E-state index >= 15 is 0 Å². The highest BCUT2D eigenvalue weighted by Crippen LogP contribution is 2.27. The Hall–Kier alpha value is -0.360. The van der Waals surface area contributed by atoms with Gasteiger partial charge in [0.2, 0.25) is 0 Å². The van der Waals surface area contributed by atoms with Gasteiger partial charge in [0, 0.05) is 6.42 Å². The monoisotopic (exact) mass is 296 g/mol. The average Bonchev–Trinajstić information content (AvgIpc) is 2.42. The van der Waals surface area contributed by atoms with Gasteiger partial charge in [-0.3, -0.25) is 0 Å². The molecular formula is C11H20O9. The minimum atomic E-state index is -1.60. The summed E-state index contributed by atoms with van der Waals surface area (Å²) in [5.74, 6) is 0. The van der Waals surface area contributed by atoms with Gasteiger partial charge in [-0.05, 0) is 0 Å². The molecule has 2 rings (SSSR count). The molecule has 118 valence electrons. The Morgan fingerprint density at radius 2 is 1.30 bits per heavy atom. The van der Waals surface area contributed by atoms with E-state index in [4.69, 9.17) is 9.47 Å². The number of aliphatic hydroxyl groups excluding tert-OH is 7. The van der Waals surface area contributed by atoms with Crippen molar-refractivity contribution in [2.75, 3.05) is 6.61 Å². The van der Waals surface area contributed by atoms with Crippen LogP contribution in [0.15, 0.2) is 0 Å². The van der Waals surface area contributed by atoms with E-state index in [-0.39, 0.29) is 13.0 Å². The summed E-state index contributed by atoms with van der Waals surface area (Å²) < 4.78 is 10.2. The number of aliphatic hydroxyl groups is 7. The van der Waals surface area contributed by atoms with Gasteiger partial charge >= 0.3 is 0 Å². The first-order valence-electron chi connectivity index (χ1n) is 6.36. The Morgan fingerprint density at radius 3 is 1.95 bits per heavy atom. The van der Waals surface area contributed by atoms with Gasteiger partial charge in [0.1, 0.15) is 36.6 Å². The fourth-order valence-corrected chi connectivity index (χ4v) is 2.37. The largest absolute Gasteiger partial charge is 0.390 e. The van der Waals surface area contributed by atoms with Crippen LogP contribution in [0.5, 0.6) is 0 Å². The summed E-state index contributed by atoms with van der Waals surface area (Å²) in [5.41, 5.74) is 0. The number of rotatable bonds is 2. The number of hydrogen-bond donors (Lipinski definition) is 7. The predicted molar refractivity (Wildman–Crippen MR) is 61.3 cm³/mol. The summed E-state index contributed by atoms with van der Waals surface area (Å²) in [6, 6.07) is 0. The van der Waals surface area contributed by atoms with Crippen LogP contribution in [0.1, 0.15) is 6.42 Å². The van der Waals surface area contributed by atoms with Crippen LogP contribution >= 0.6 is 0 Å². The number of hydrogen-bond acceptors (Lipinski definition) is 9. The maximum Gasteiger partial charge on any atom is 0.186 e. The van der Waals surface area contributed by atoms with Crippen LogP contribution in [-0.2, 0) is 9.47 Å². The third kappa shape index (κ3) is 2.96. The highest BCUT2D eigenvalue weighted by Gasteiger charge is 2.46. The first-order valence-corrected chi connectivity index (χ1v) is 6.36. The van der Waals surface area contributed by atoms with Gasteiger partial charge in [0.05, 0.1) is 18.8 Å². The molecule has 0 aromatic heterocycles. The molecule has 1 saturated heterocycles. The Bertz CT molecular complexity index is 327. The molecule has 9 nitrogen and oxygen atoms in total. The molecule has 1 saturated carbocycles. The molecule has 7 N–H and O–H groups in total. The molecule has 0 amide bonds. The van der Waals surface area contributed by atoms with E-state index in [0.717, 1.165) is 0 Å². The quantitative estimate of drug-likeness (QED) is 0.267. The number of ether oxygens (including phenoxy) is 2. The third-order valence-electron chi connectivity index (χ3n) is 3.71. The fourth-order valence-electron chi connectivity index (χ4n) is 2.37. The second-order valence-electron chi connectivity index (χ2n) is 5.20. The zero-order chi connectivity index (χ0) is 15.0. The van der Waals surface area contributed by atoms with Gasteiger partial charge < -0.3 is 45.2 Å². The highest BCUT2D eigenvalue weighted by atomic mass is 16.7. The zero-order valence-corrected chi connectivity index (χ0v) is 10.6. The van der Waals surface area contributed by atoms with Gasteiger partial charge in [0.25, 0.3) is 0 Å². The topological polar surface area (TPSA) is 160 Å². The van der Waals surface area contributed by atoms with E-state index in [1.165, 1.54) is 0 Å². The normalized spacial score (nSPS) is 53.9. The van der Waals surface area contributed by atoms with Crippen molar-refractivity contribution in [1.29, 1.82) is 0 Å². The Balaban J connectivity index is 1.99. The molecule has 1 heterocycles. The molecule has 1 aliphatic heterocycles. The second-order valence-corrected chi connectivity index (χ2v) is 5.20. The molecule has 2 fully saturated rings. The maximum atomic E-state index is 9.77. The van der Waals surface area contributed by atoms with Crippen LogP contribution in [0.3, 0.4) is 0 Å². The molecule has 2 aliphatic rings. The molecule has 9 heteroatoms. The summed E-state index contributed by atoms with van der Waals surface area (Å²) in [7, 11) is 0. The predicted octanol–water partition coefficient (Wildman–Crippen LogP) is -4.34. The molecule has 0 aromatic carbocycles. The average molecular weight is 296 g/mol. The van der Waals surface area contributed by atoms with Crippen molar-refractivity contribution >= 4 is 0 Å². The second kappa shape index (κ2) is 6.18. The van der Waals surface area contributed by atoms with Gasteiger partial charge in [-0.15, -0.1) is 0 Å². The van der Waals surface area contributed by atoms with Crippen molar-refractivity contribution in [3.8, 4) is 0 Å². The zero-order valence-electron chi connectivity index (χ0n) is 10.6. The van der Waals surface area contributed by atoms with Crippen LogP contribution in [0.2, 0.25) is 0 Å². The molecule has 9 atom stereocenters. The summed E-state index contributed by atoms with van der Waals surface area (Å²) in [6.07, 6.45) is -12.7. The molecule has 0 unspecified atom stereocenters. The van der Waals surface area contributed by atoms with Gasteiger partial charge in [-0.25, -0.2) is 0 Å². The minimum absolute atomic E-state index is 0.176. The lowest BCUT2D eigenvalue weighted by molar-refractivity contribution is -0.304. The van der Waals surface area contributed by atoms with E-state index < -0.39 is 55.1 Å². The SMILES string of the molecule is O[C@H]1[C@@H](O)[C@H](O)C[C@@H](O[C@@H]2OC[C@@H](O)[C@H](O)[C@H]2O)[C@@H]1O. The van der Waals surface area contributed by atoms with Crippen molar-refractivity contribution in [3.05, 3.63) is 0 Å².